The summed E-state index contributed by atoms with van der Waals surface area (Å²) in [7, 11) is 0.415. The summed E-state index contributed by atoms with van der Waals surface area (Å²) in [5, 5.41) is 0. The van der Waals surface area contributed by atoms with E-state index in [-0.39, 0.29) is 0 Å². The molecule has 0 amide bonds. The van der Waals surface area contributed by atoms with E-state index in [2.05, 4.69) is 44.3 Å². The molecule has 2 rings (SSSR count). The van der Waals surface area contributed by atoms with Gasteiger partial charge in [0.05, 0.1) is 0 Å². The molecule has 0 saturated carbocycles. The van der Waals surface area contributed by atoms with Crippen LogP contribution in [0.15, 0.2) is 37.4 Å². The van der Waals surface area contributed by atoms with Crippen LogP contribution in [0.4, 0.5) is 0 Å². The number of benzene rings is 1. The van der Waals surface area contributed by atoms with Crippen LogP contribution in [0, 0.1) is 0 Å². The quantitative estimate of drug-likeness (QED) is 0.662. The molecule has 1 saturated heterocycles. The van der Waals surface area contributed by atoms with Crippen molar-refractivity contribution >= 4 is 21.4 Å². The number of allylic oxidation sites excluding steroid dienone is 1. The molecule has 98 valence electrons. The first-order valence-electron chi connectivity index (χ1n) is 6.82. The van der Waals surface area contributed by atoms with Gasteiger partial charge in [0.1, 0.15) is 11.5 Å². The third kappa shape index (κ3) is 3.52. The fourth-order valence-corrected chi connectivity index (χ4v) is 4.45. The van der Waals surface area contributed by atoms with E-state index in [1.165, 1.54) is 40.4 Å². The van der Waals surface area contributed by atoms with E-state index in [4.69, 9.17) is 0 Å². The molecule has 0 bridgehead atoms. The minimum absolute atomic E-state index is 0.415. The average Bonchev–Trinajstić information content (AvgIpc) is 2.94. The van der Waals surface area contributed by atoms with Gasteiger partial charge in [0.2, 0.25) is 0 Å². The molecule has 0 atom stereocenters. The van der Waals surface area contributed by atoms with E-state index in [0.29, 0.717) is 10.9 Å². The summed E-state index contributed by atoms with van der Waals surface area (Å²) in [6.07, 6.45) is 2.74. The summed E-state index contributed by atoms with van der Waals surface area (Å²) >= 11 is 0. The highest BCUT2D eigenvalue weighted by molar-refractivity contribution is 8.05. The van der Waals surface area contributed by atoms with Gasteiger partial charge in [-0.1, -0.05) is 44.2 Å². The van der Waals surface area contributed by atoms with Gasteiger partial charge in [-0.05, 0) is 38.0 Å². The van der Waals surface area contributed by atoms with Gasteiger partial charge < -0.3 is 0 Å². The molecule has 0 aromatic heterocycles. The third-order valence-electron chi connectivity index (χ3n) is 3.07. The molecule has 0 radical (unpaired) electrons. The topological polar surface area (TPSA) is 0 Å². The van der Waals surface area contributed by atoms with Crippen LogP contribution in [0.3, 0.4) is 0 Å². The summed E-state index contributed by atoms with van der Waals surface area (Å²) in [4.78, 5) is 1.34. The van der Waals surface area contributed by atoms with Crippen LogP contribution >= 0.6 is 0 Å². The third-order valence-corrected chi connectivity index (χ3v) is 5.55. The van der Waals surface area contributed by atoms with E-state index in [1.807, 2.05) is 13.8 Å². The number of hydrogen-bond acceptors (Lipinski definition) is 0. The second-order valence-electron chi connectivity index (χ2n) is 4.36. The first kappa shape index (κ1) is 15.1. The fourth-order valence-electron chi connectivity index (χ4n) is 2.15. The SMILES string of the molecule is C=C(C)c1ccccc1C(=C)[S+]1CCCC1.CC. The van der Waals surface area contributed by atoms with Gasteiger partial charge in [-0.2, -0.15) is 0 Å². The molecule has 1 fully saturated rings. The summed E-state index contributed by atoms with van der Waals surface area (Å²) in [5.74, 6) is 2.67. The lowest BCUT2D eigenvalue weighted by molar-refractivity contribution is 0.949. The average molecular weight is 261 g/mol. The van der Waals surface area contributed by atoms with Crippen molar-refractivity contribution < 1.29 is 0 Å². The van der Waals surface area contributed by atoms with E-state index >= 15 is 0 Å². The summed E-state index contributed by atoms with van der Waals surface area (Å²) < 4.78 is 0. The van der Waals surface area contributed by atoms with E-state index in [0.717, 1.165) is 5.57 Å². The molecular formula is C17H25S+. The van der Waals surface area contributed by atoms with Crippen molar-refractivity contribution in [3.05, 3.63) is 48.6 Å². The summed E-state index contributed by atoms with van der Waals surface area (Å²) in [6.45, 7) is 14.5. The highest BCUT2D eigenvalue weighted by Gasteiger charge is 2.29. The van der Waals surface area contributed by atoms with Crippen molar-refractivity contribution in [2.75, 3.05) is 11.5 Å². The first-order chi connectivity index (χ1) is 8.70. The van der Waals surface area contributed by atoms with Crippen LogP contribution in [0.1, 0.15) is 44.7 Å². The summed E-state index contributed by atoms with van der Waals surface area (Å²) in [5.41, 5.74) is 3.73. The lowest BCUT2D eigenvalue weighted by atomic mass is 10.0. The minimum atomic E-state index is 0.415. The number of rotatable bonds is 3. The highest BCUT2D eigenvalue weighted by atomic mass is 32.2. The molecule has 0 spiro atoms. The van der Waals surface area contributed by atoms with Crippen molar-refractivity contribution in [1.82, 2.24) is 0 Å². The van der Waals surface area contributed by atoms with Crippen LogP contribution in [-0.2, 0) is 10.9 Å². The zero-order chi connectivity index (χ0) is 13.5. The van der Waals surface area contributed by atoms with Crippen molar-refractivity contribution in [3.8, 4) is 0 Å². The van der Waals surface area contributed by atoms with E-state index in [1.54, 1.807) is 0 Å². The molecule has 1 heteroatoms. The van der Waals surface area contributed by atoms with Crippen LogP contribution in [0.2, 0.25) is 0 Å². The fraction of sp³-hybridized carbons (Fsp3) is 0.412. The molecule has 1 aromatic carbocycles. The maximum Gasteiger partial charge on any atom is 0.155 e. The Morgan fingerprint density at radius 1 is 1.00 bits per heavy atom. The monoisotopic (exact) mass is 261 g/mol. The van der Waals surface area contributed by atoms with Crippen molar-refractivity contribution in [2.45, 2.75) is 33.6 Å². The van der Waals surface area contributed by atoms with Crippen LogP contribution in [0.5, 0.6) is 0 Å². The Morgan fingerprint density at radius 3 is 2.00 bits per heavy atom. The standard InChI is InChI=1S/C15H19S.C2H6/c1-12(2)14-8-4-5-9-15(14)13(3)16-10-6-7-11-16;1-2/h4-5,8-9H,1,3,6-7,10-11H2,2H3;1-2H3/q+1;. The maximum atomic E-state index is 4.32. The molecule has 18 heavy (non-hydrogen) atoms. The lowest BCUT2D eigenvalue weighted by Crippen LogP contribution is -2.06. The smallest absolute Gasteiger partial charge is 0.0955 e. The van der Waals surface area contributed by atoms with Gasteiger partial charge >= 0.3 is 0 Å². The van der Waals surface area contributed by atoms with Gasteiger partial charge in [-0.15, -0.1) is 0 Å². The molecule has 0 nitrogen and oxygen atoms in total. The van der Waals surface area contributed by atoms with Crippen LogP contribution in [0.25, 0.3) is 10.5 Å². The predicted octanol–water partition coefficient (Wildman–Crippen LogP) is 5.13. The van der Waals surface area contributed by atoms with Crippen molar-refractivity contribution in [3.63, 3.8) is 0 Å². The first-order valence-corrected chi connectivity index (χ1v) is 8.38. The second-order valence-corrected chi connectivity index (χ2v) is 6.65. The van der Waals surface area contributed by atoms with E-state index in [9.17, 15) is 0 Å². The zero-order valence-corrected chi connectivity index (χ0v) is 12.8. The Balaban J connectivity index is 0.000000771. The Labute approximate surface area is 115 Å². The van der Waals surface area contributed by atoms with Crippen LogP contribution in [-0.4, -0.2) is 11.5 Å². The maximum absolute atomic E-state index is 4.32. The Hall–Kier alpha value is -0.950. The van der Waals surface area contributed by atoms with Crippen LogP contribution < -0.4 is 0 Å². The predicted molar refractivity (Wildman–Crippen MR) is 87.9 cm³/mol. The van der Waals surface area contributed by atoms with Gasteiger partial charge in [0, 0.05) is 16.5 Å². The largest absolute Gasteiger partial charge is 0.155 e. The van der Waals surface area contributed by atoms with E-state index < -0.39 is 0 Å². The van der Waals surface area contributed by atoms with Crippen molar-refractivity contribution in [1.29, 1.82) is 0 Å². The highest BCUT2D eigenvalue weighted by Crippen LogP contribution is 2.32. The second kappa shape index (κ2) is 7.48. The molecule has 1 aliphatic rings. The van der Waals surface area contributed by atoms with Crippen molar-refractivity contribution in [2.24, 2.45) is 0 Å². The van der Waals surface area contributed by atoms with Gasteiger partial charge in [-0.3, -0.25) is 0 Å². The van der Waals surface area contributed by atoms with Gasteiger partial charge in [0.25, 0.3) is 0 Å². The Kier molecular flexibility index (Phi) is 6.28. The Morgan fingerprint density at radius 2 is 1.50 bits per heavy atom. The van der Waals surface area contributed by atoms with Gasteiger partial charge in [0.15, 0.2) is 4.91 Å². The summed E-state index contributed by atoms with van der Waals surface area (Å²) in [6, 6.07) is 8.53. The molecule has 0 unspecified atom stereocenters. The minimum Gasteiger partial charge on any atom is -0.0955 e. The molecule has 0 N–H and O–H groups in total. The Bertz CT molecular complexity index is 411. The molecule has 1 aliphatic heterocycles. The zero-order valence-electron chi connectivity index (χ0n) is 12.0. The molecular weight excluding hydrogens is 236 g/mol. The van der Waals surface area contributed by atoms with Gasteiger partial charge in [-0.25, -0.2) is 0 Å². The molecule has 1 heterocycles. The normalized spacial score (nSPS) is 14.8. The molecule has 1 aromatic rings. The number of hydrogen-bond donors (Lipinski definition) is 0. The lowest BCUT2D eigenvalue weighted by Gasteiger charge is -2.10. The molecule has 0 aliphatic carbocycles.